The van der Waals surface area contributed by atoms with Crippen molar-refractivity contribution < 1.29 is 4.74 Å². The molecule has 0 amide bonds. The third-order valence-corrected chi connectivity index (χ3v) is 2.30. The summed E-state index contributed by atoms with van der Waals surface area (Å²) in [6.45, 7) is 10.0. The van der Waals surface area contributed by atoms with Crippen molar-refractivity contribution in [3.8, 4) is 0 Å². The van der Waals surface area contributed by atoms with Crippen LogP contribution in [0.1, 0.15) is 25.3 Å². The Hall–Kier alpha value is -1.15. The van der Waals surface area contributed by atoms with Crippen LogP contribution >= 0.6 is 12.6 Å². The lowest BCUT2D eigenvalue weighted by molar-refractivity contribution is 0.245. The molecule has 0 aliphatic rings. The van der Waals surface area contributed by atoms with Crippen LogP contribution in [0.2, 0.25) is 0 Å². The lowest BCUT2D eigenvalue weighted by atomic mass is 10.2. The molecule has 0 aromatic heterocycles. The van der Waals surface area contributed by atoms with Gasteiger partial charge in [0, 0.05) is 4.90 Å². The maximum atomic E-state index is 4.84. The zero-order chi connectivity index (χ0) is 12.2. The summed E-state index contributed by atoms with van der Waals surface area (Å²) in [4.78, 5) is 0.979. The number of benzene rings is 1. The second-order valence-corrected chi connectivity index (χ2v) is 3.64. The topological polar surface area (TPSA) is 9.23 Å². The summed E-state index contributed by atoms with van der Waals surface area (Å²) in [6, 6.07) is 7.85. The Labute approximate surface area is 104 Å². The standard InChI is InChI=1S/C8H8S.C6H12O/c1-2-7-5-3-4-6-8(7)9;1-3-5-6-7-4-2/h2-6,9H,1H2;4H,2-3,5-6H2,1H3. The minimum Gasteiger partial charge on any atom is -0.502 e. The van der Waals surface area contributed by atoms with Crippen molar-refractivity contribution in [3.05, 3.63) is 49.2 Å². The lowest BCUT2D eigenvalue weighted by Crippen LogP contribution is -1.83. The number of unbranched alkanes of at least 4 members (excludes halogenated alkanes) is 1. The van der Waals surface area contributed by atoms with Gasteiger partial charge in [-0.1, -0.05) is 50.8 Å². The van der Waals surface area contributed by atoms with E-state index >= 15 is 0 Å². The molecule has 88 valence electrons. The van der Waals surface area contributed by atoms with Crippen molar-refractivity contribution in [2.45, 2.75) is 24.7 Å². The third-order valence-electron chi connectivity index (χ3n) is 1.89. The van der Waals surface area contributed by atoms with Crippen LogP contribution in [-0.2, 0) is 4.74 Å². The van der Waals surface area contributed by atoms with Gasteiger partial charge in [-0.25, -0.2) is 0 Å². The zero-order valence-corrected chi connectivity index (χ0v) is 10.7. The fraction of sp³-hybridized carbons (Fsp3) is 0.286. The Balaban J connectivity index is 0.000000293. The van der Waals surface area contributed by atoms with E-state index in [9.17, 15) is 0 Å². The van der Waals surface area contributed by atoms with Crippen LogP contribution in [0.3, 0.4) is 0 Å². The van der Waals surface area contributed by atoms with E-state index in [-0.39, 0.29) is 0 Å². The largest absolute Gasteiger partial charge is 0.502 e. The van der Waals surface area contributed by atoms with E-state index in [1.165, 1.54) is 12.7 Å². The van der Waals surface area contributed by atoms with Crippen molar-refractivity contribution in [3.63, 3.8) is 0 Å². The summed E-state index contributed by atoms with van der Waals surface area (Å²) in [5.74, 6) is 0. The summed E-state index contributed by atoms with van der Waals surface area (Å²) < 4.78 is 4.84. The summed E-state index contributed by atoms with van der Waals surface area (Å²) in [6.07, 6.45) is 5.60. The van der Waals surface area contributed by atoms with Gasteiger partial charge in [-0.15, -0.1) is 12.6 Å². The van der Waals surface area contributed by atoms with Crippen LogP contribution in [0.25, 0.3) is 6.08 Å². The van der Waals surface area contributed by atoms with Crippen LogP contribution < -0.4 is 0 Å². The SMILES string of the molecule is C=COCCCC.C=Cc1ccccc1S. The fourth-order valence-corrected chi connectivity index (χ4v) is 1.22. The molecule has 1 aromatic rings. The van der Waals surface area contributed by atoms with Gasteiger partial charge in [0.2, 0.25) is 0 Å². The molecule has 0 saturated heterocycles. The molecule has 1 aromatic carbocycles. The molecule has 0 aliphatic heterocycles. The summed E-state index contributed by atoms with van der Waals surface area (Å²) in [7, 11) is 0. The Morgan fingerprint density at radius 3 is 2.44 bits per heavy atom. The Morgan fingerprint density at radius 1 is 1.31 bits per heavy atom. The van der Waals surface area contributed by atoms with Gasteiger partial charge in [-0.2, -0.15) is 0 Å². The highest BCUT2D eigenvalue weighted by Crippen LogP contribution is 2.12. The first-order chi connectivity index (χ1) is 7.76. The number of ether oxygens (including phenoxy) is 1. The minimum absolute atomic E-state index is 0.819. The summed E-state index contributed by atoms with van der Waals surface area (Å²) in [5.41, 5.74) is 1.08. The average molecular weight is 236 g/mol. The van der Waals surface area contributed by atoms with Crippen molar-refractivity contribution in [1.82, 2.24) is 0 Å². The number of hydrogen-bond acceptors (Lipinski definition) is 2. The Morgan fingerprint density at radius 2 is 2.00 bits per heavy atom. The quantitative estimate of drug-likeness (QED) is 0.448. The second-order valence-electron chi connectivity index (χ2n) is 3.15. The predicted octanol–water partition coefficient (Wildman–Crippen LogP) is 4.56. The molecule has 1 nitrogen and oxygen atoms in total. The van der Waals surface area contributed by atoms with Crippen molar-refractivity contribution in [1.29, 1.82) is 0 Å². The summed E-state index contributed by atoms with van der Waals surface area (Å²) >= 11 is 4.21. The number of thiol groups is 1. The highest BCUT2D eigenvalue weighted by atomic mass is 32.1. The first-order valence-corrected chi connectivity index (χ1v) is 5.83. The molecular formula is C14H20OS. The molecule has 16 heavy (non-hydrogen) atoms. The molecule has 0 saturated carbocycles. The van der Waals surface area contributed by atoms with E-state index in [0.29, 0.717) is 0 Å². The Kier molecular flexibility index (Phi) is 9.63. The minimum atomic E-state index is 0.819. The van der Waals surface area contributed by atoms with Crippen LogP contribution in [0.5, 0.6) is 0 Å². The van der Waals surface area contributed by atoms with Crippen LogP contribution in [0, 0.1) is 0 Å². The smallest absolute Gasteiger partial charge is 0.0872 e. The molecule has 0 heterocycles. The first-order valence-electron chi connectivity index (χ1n) is 5.39. The molecule has 1 rings (SSSR count). The predicted molar refractivity (Wildman–Crippen MR) is 74.8 cm³/mol. The molecule has 0 atom stereocenters. The molecule has 0 spiro atoms. The van der Waals surface area contributed by atoms with E-state index in [2.05, 4.69) is 32.7 Å². The molecular weight excluding hydrogens is 216 g/mol. The summed E-state index contributed by atoms with van der Waals surface area (Å²) in [5, 5.41) is 0. The highest BCUT2D eigenvalue weighted by molar-refractivity contribution is 7.80. The average Bonchev–Trinajstić information content (AvgIpc) is 2.31. The van der Waals surface area contributed by atoms with E-state index in [1.54, 1.807) is 6.08 Å². The van der Waals surface area contributed by atoms with Gasteiger partial charge in [-0.05, 0) is 18.1 Å². The first kappa shape index (κ1) is 14.8. The second kappa shape index (κ2) is 10.4. The van der Waals surface area contributed by atoms with Gasteiger partial charge in [0.25, 0.3) is 0 Å². The van der Waals surface area contributed by atoms with Gasteiger partial charge >= 0.3 is 0 Å². The van der Waals surface area contributed by atoms with Gasteiger partial charge in [0.05, 0.1) is 12.9 Å². The van der Waals surface area contributed by atoms with Crippen molar-refractivity contribution >= 4 is 18.7 Å². The highest BCUT2D eigenvalue weighted by Gasteiger charge is 1.87. The molecule has 0 radical (unpaired) electrons. The van der Waals surface area contributed by atoms with Gasteiger partial charge in [0.1, 0.15) is 0 Å². The van der Waals surface area contributed by atoms with E-state index in [4.69, 9.17) is 4.74 Å². The van der Waals surface area contributed by atoms with E-state index < -0.39 is 0 Å². The maximum Gasteiger partial charge on any atom is 0.0872 e. The van der Waals surface area contributed by atoms with Crippen LogP contribution in [0.4, 0.5) is 0 Å². The van der Waals surface area contributed by atoms with Crippen LogP contribution in [-0.4, -0.2) is 6.61 Å². The van der Waals surface area contributed by atoms with Crippen molar-refractivity contribution in [2.24, 2.45) is 0 Å². The monoisotopic (exact) mass is 236 g/mol. The van der Waals surface area contributed by atoms with E-state index in [0.717, 1.165) is 23.5 Å². The molecule has 0 fully saturated rings. The molecule has 0 unspecified atom stereocenters. The van der Waals surface area contributed by atoms with Crippen LogP contribution in [0.15, 0.2) is 48.6 Å². The number of hydrogen-bond donors (Lipinski definition) is 1. The number of rotatable bonds is 5. The molecule has 0 bridgehead atoms. The van der Waals surface area contributed by atoms with Gasteiger partial charge < -0.3 is 4.74 Å². The molecule has 0 aliphatic carbocycles. The van der Waals surface area contributed by atoms with Gasteiger partial charge in [0.15, 0.2) is 0 Å². The molecule has 0 N–H and O–H groups in total. The molecule has 2 heteroatoms. The third kappa shape index (κ3) is 7.18. The fourth-order valence-electron chi connectivity index (χ4n) is 0.971. The normalized spacial score (nSPS) is 8.62. The van der Waals surface area contributed by atoms with Crippen molar-refractivity contribution in [2.75, 3.05) is 6.61 Å². The van der Waals surface area contributed by atoms with E-state index in [1.807, 2.05) is 24.3 Å². The zero-order valence-electron chi connectivity index (χ0n) is 9.86. The lowest BCUT2D eigenvalue weighted by Gasteiger charge is -1.94. The maximum absolute atomic E-state index is 4.84. The van der Waals surface area contributed by atoms with Gasteiger partial charge in [-0.3, -0.25) is 0 Å². The Bertz CT molecular complexity index is 307.